The lowest BCUT2D eigenvalue weighted by Crippen LogP contribution is -2.12. The summed E-state index contributed by atoms with van der Waals surface area (Å²) in [6.07, 6.45) is -0.510. The van der Waals surface area contributed by atoms with E-state index in [2.05, 4.69) is 21.2 Å². The van der Waals surface area contributed by atoms with Crippen LogP contribution in [0.1, 0.15) is 11.7 Å². The van der Waals surface area contributed by atoms with Gasteiger partial charge in [0, 0.05) is 10.0 Å². The topological polar surface area (TPSA) is 38.3 Å². The number of rotatable bonds is 1. The van der Waals surface area contributed by atoms with Crippen LogP contribution in [0.3, 0.4) is 0 Å². The van der Waals surface area contributed by atoms with E-state index in [1.54, 1.807) is 0 Å². The van der Waals surface area contributed by atoms with Crippen molar-refractivity contribution in [1.82, 2.24) is 5.32 Å². The van der Waals surface area contributed by atoms with Gasteiger partial charge in [0.1, 0.15) is 6.10 Å². The largest absolute Gasteiger partial charge is 0.439 e. The first-order chi connectivity index (χ1) is 6.27. The molecule has 2 rings (SSSR count). The number of carbonyl (C=O) groups excluding carboxylic acids is 1. The summed E-state index contributed by atoms with van der Waals surface area (Å²) in [4.78, 5) is 10.8. The number of amides is 1. The average Bonchev–Trinajstić information content (AvgIpc) is 2.53. The van der Waals surface area contributed by atoms with Crippen molar-refractivity contribution >= 4 is 22.0 Å². The third-order valence-corrected chi connectivity index (χ3v) is 2.66. The normalized spacial score (nSPS) is 21.0. The molecular formula is C9H8BrNO2. The van der Waals surface area contributed by atoms with Gasteiger partial charge in [-0.05, 0) is 6.07 Å². The maximum Gasteiger partial charge on any atom is 0.407 e. The molecule has 0 unspecified atom stereocenters. The van der Waals surface area contributed by atoms with Crippen LogP contribution in [0.2, 0.25) is 0 Å². The van der Waals surface area contributed by atoms with Crippen molar-refractivity contribution in [2.24, 2.45) is 0 Å². The zero-order valence-electron chi connectivity index (χ0n) is 6.79. The van der Waals surface area contributed by atoms with E-state index < -0.39 is 0 Å². The predicted octanol–water partition coefficient (Wildman–Crippen LogP) is 2.23. The Morgan fingerprint density at radius 3 is 2.85 bits per heavy atom. The Morgan fingerprint density at radius 1 is 1.46 bits per heavy atom. The van der Waals surface area contributed by atoms with Crippen LogP contribution in [0.15, 0.2) is 28.7 Å². The summed E-state index contributed by atoms with van der Waals surface area (Å²) < 4.78 is 6.02. The van der Waals surface area contributed by atoms with Crippen molar-refractivity contribution in [2.45, 2.75) is 6.10 Å². The second-order valence-corrected chi connectivity index (χ2v) is 3.65. The third-order valence-electron chi connectivity index (χ3n) is 1.93. The van der Waals surface area contributed by atoms with Crippen LogP contribution in [0.25, 0.3) is 0 Å². The van der Waals surface area contributed by atoms with Gasteiger partial charge in [-0.15, -0.1) is 0 Å². The lowest BCUT2D eigenvalue weighted by atomic mass is 10.1. The van der Waals surface area contributed by atoms with Crippen LogP contribution < -0.4 is 5.32 Å². The van der Waals surface area contributed by atoms with Crippen LogP contribution in [0, 0.1) is 0 Å². The Hall–Kier alpha value is -1.03. The Bertz CT molecular complexity index is 340. The molecule has 1 aliphatic rings. The number of ether oxygens (including phenoxy) is 1. The van der Waals surface area contributed by atoms with Crippen molar-refractivity contribution in [3.8, 4) is 0 Å². The van der Waals surface area contributed by atoms with Crippen LogP contribution in [-0.2, 0) is 4.74 Å². The number of carbonyl (C=O) groups is 1. The Labute approximate surface area is 84.2 Å². The van der Waals surface area contributed by atoms with Crippen molar-refractivity contribution in [2.75, 3.05) is 6.54 Å². The highest BCUT2D eigenvalue weighted by Gasteiger charge is 2.25. The fourth-order valence-corrected chi connectivity index (χ4v) is 1.84. The molecule has 1 heterocycles. The van der Waals surface area contributed by atoms with Gasteiger partial charge in [-0.25, -0.2) is 4.79 Å². The van der Waals surface area contributed by atoms with Crippen LogP contribution in [0.4, 0.5) is 4.79 Å². The molecule has 3 nitrogen and oxygen atoms in total. The van der Waals surface area contributed by atoms with Gasteiger partial charge in [-0.3, -0.25) is 0 Å². The van der Waals surface area contributed by atoms with Gasteiger partial charge >= 0.3 is 6.09 Å². The molecule has 68 valence electrons. The smallest absolute Gasteiger partial charge is 0.407 e. The summed E-state index contributed by atoms with van der Waals surface area (Å²) in [6, 6.07) is 7.72. The van der Waals surface area contributed by atoms with Crippen LogP contribution in [0.5, 0.6) is 0 Å². The Balaban J connectivity index is 2.26. The highest BCUT2D eigenvalue weighted by atomic mass is 79.9. The summed E-state index contributed by atoms with van der Waals surface area (Å²) in [5.74, 6) is 0. The molecule has 0 saturated carbocycles. The molecule has 13 heavy (non-hydrogen) atoms. The van der Waals surface area contributed by atoms with Crippen molar-refractivity contribution in [1.29, 1.82) is 0 Å². The molecule has 1 atom stereocenters. The van der Waals surface area contributed by atoms with E-state index in [1.165, 1.54) is 0 Å². The van der Waals surface area contributed by atoms with E-state index >= 15 is 0 Å². The summed E-state index contributed by atoms with van der Waals surface area (Å²) in [5, 5.41) is 2.61. The number of cyclic esters (lactones) is 1. The van der Waals surface area contributed by atoms with E-state index in [-0.39, 0.29) is 12.2 Å². The molecule has 0 aromatic heterocycles. The Kier molecular flexibility index (Phi) is 2.22. The molecule has 0 bridgehead atoms. The number of benzene rings is 1. The molecule has 1 N–H and O–H groups in total. The number of alkyl carbamates (subject to hydrolysis) is 1. The maximum absolute atomic E-state index is 10.8. The molecule has 1 aliphatic heterocycles. The predicted molar refractivity (Wildman–Crippen MR) is 51.4 cm³/mol. The molecule has 1 aromatic carbocycles. The molecule has 0 spiro atoms. The van der Waals surface area contributed by atoms with Crippen molar-refractivity contribution < 1.29 is 9.53 Å². The summed E-state index contributed by atoms with van der Waals surface area (Å²) in [5.41, 5.74) is 1.00. The third kappa shape index (κ3) is 1.67. The molecule has 1 amide bonds. The van der Waals surface area contributed by atoms with Gasteiger partial charge in [0.05, 0.1) is 6.54 Å². The lowest BCUT2D eigenvalue weighted by molar-refractivity contribution is 0.141. The minimum absolute atomic E-state index is 0.164. The quantitative estimate of drug-likeness (QED) is 0.819. The van der Waals surface area contributed by atoms with E-state index in [0.29, 0.717) is 6.54 Å². The van der Waals surface area contributed by atoms with Crippen LogP contribution in [-0.4, -0.2) is 12.6 Å². The van der Waals surface area contributed by atoms with E-state index in [0.717, 1.165) is 10.0 Å². The van der Waals surface area contributed by atoms with Gasteiger partial charge in [0.2, 0.25) is 0 Å². The molecule has 1 aromatic rings. The maximum atomic E-state index is 10.8. The molecule has 4 heteroatoms. The highest BCUT2D eigenvalue weighted by molar-refractivity contribution is 9.10. The Morgan fingerprint density at radius 2 is 2.23 bits per heavy atom. The zero-order chi connectivity index (χ0) is 9.26. The molecule has 0 radical (unpaired) electrons. The minimum atomic E-state index is -0.347. The zero-order valence-corrected chi connectivity index (χ0v) is 8.37. The number of nitrogens with one attached hydrogen (secondary N) is 1. The minimum Gasteiger partial charge on any atom is -0.439 e. The molecule has 1 fully saturated rings. The van der Waals surface area contributed by atoms with Gasteiger partial charge in [-0.1, -0.05) is 34.1 Å². The van der Waals surface area contributed by atoms with Crippen molar-refractivity contribution in [3.05, 3.63) is 34.3 Å². The number of hydrogen-bond acceptors (Lipinski definition) is 2. The van der Waals surface area contributed by atoms with E-state index in [4.69, 9.17) is 4.74 Å². The number of halogens is 1. The fourth-order valence-electron chi connectivity index (χ4n) is 1.30. The summed E-state index contributed by atoms with van der Waals surface area (Å²) in [6.45, 7) is 0.543. The SMILES string of the molecule is O=C1NC[C@@H](c2ccccc2Br)O1. The molecular weight excluding hydrogens is 234 g/mol. The van der Waals surface area contributed by atoms with Gasteiger partial charge in [0.15, 0.2) is 0 Å². The number of hydrogen-bond donors (Lipinski definition) is 1. The van der Waals surface area contributed by atoms with Gasteiger partial charge in [-0.2, -0.15) is 0 Å². The molecule has 0 aliphatic carbocycles. The highest BCUT2D eigenvalue weighted by Crippen LogP contribution is 2.27. The van der Waals surface area contributed by atoms with E-state index in [1.807, 2.05) is 24.3 Å². The fraction of sp³-hybridized carbons (Fsp3) is 0.222. The van der Waals surface area contributed by atoms with E-state index in [9.17, 15) is 4.79 Å². The second kappa shape index (κ2) is 3.38. The standard InChI is InChI=1S/C9H8BrNO2/c10-7-4-2-1-3-6(7)8-5-11-9(12)13-8/h1-4,8H,5H2,(H,11,12)/t8-/m0/s1. The molecule has 1 saturated heterocycles. The lowest BCUT2D eigenvalue weighted by Gasteiger charge is -2.09. The first-order valence-corrected chi connectivity index (χ1v) is 4.75. The summed E-state index contributed by atoms with van der Waals surface area (Å²) >= 11 is 3.41. The second-order valence-electron chi connectivity index (χ2n) is 2.80. The summed E-state index contributed by atoms with van der Waals surface area (Å²) in [7, 11) is 0. The first kappa shape index (κ1) is 8.56. The van der Waals surface area contributed by atoms with Gasteiger partial charge in [0.25, 0.3) is 0 Å². The first-order valence-electron chi connectivity index (χ1n) is 3.96. The van der Waals surface area contributed by atoms with Gasteiger partial charge < -0.3 is 10.1 Å². The van der Waals surface area contributed by atoms with Crippen molar-refractivity contribution in [3.63, 3.8) is 0 Å². The average molecular weight is 242 g/mol. The monoisotopic (exact) mass is 241 g/mol. The van der Waals surface area contributed by atoms with Crippen LogP contribution >= 0.6 is 15.9 Å².